The Hall–Kier alpha value is -1.28. The van der Waals surface area contributed by atoms with Gasteiger partial charge in [0.15, 0.2) is 0 Å². The number of hydrogen-bond acceptors (Lipinski definition) is 0. The summed E-state index contributed by atoms with van der Waals surface area (Å²) < 4.78 is 4.52. The second-order valence-electron chi connectivity index (χ2n) is 4.97. The fourth-order valence-corrected chi connectivity index (χ4v) is 2.36. The summed E-state index contributed by atoms with van der Waals surface area (Å²) in [6.07, 6.45) is 11.3. The summed E-state index contributed by atoms with van der Waals surface area (Å²) in [5.74, 6) is 0. The Morgan fingerprint density at radius 3 is 2.68 bits per heavy atom. The standard InChI is InChI=1S/C16H22ClN2/c1-2-10-18-12-13-19(14-18)11-4-3-5-15-6-8-16(17)9-7-15/h6-9,12-14H,2-5,10-11H2,1H3/q+1. The van der Waals surface area contributed by atoms with Crippen molar-refractivity contribution >= 4 is 11.6 Å². The number of benzene rings is 1. The second-order valence-corrected chi connectivity index (χ2v) is 5.41. The monoisotopic (exact) mass is 277 g/mol. The topological polar surface area (TPSA) is 8.81 Å². The average molecular weight is 278 g/mol. The van der Waals surface area contributed by atoms with Gasteiger partial charge in [0.1, 0.15) is 12.4 Å². The molecule has 0 amide bonds. The second kappa shape index (κ2) is 7.34. The lowest BCUT2D eigenvalue weighted by Crippen LogP contribution is -2.30. The van der Waals surface area contributed by atoms with Crippen molar-refractivity contribution in [2.45, 2.75) is 45.7 Å². The first kappa shape index (κ1) is 14.1. The Labute approximate surface area is 120 Å². The lowest BCUT2D eigenvalue weighted by atomic mass is 10.1. The van der Waals surface area contributed by atoms with Crippen LogP contribution in [0, 0.1) is 0 Å². The molecule has 3 heteroatoms. The largest absolute Gasteiger partial charge is 0.243 e. The maximum Gasteiger partial charge on any atom is 0.243 e. The number of hydrogen-bond donors (Lipinski definition) is 0. The van der Waals surface area contributed by atoms with Gasteiger partial charge in [0, 0.05) is 5.02 Å². The van der Waals surface area contributed by atoms with Crippen molar-refractivity contribution < 1.29 is 4.57 Å². The molecule has 0 unspecified atom stereocenters. The zero-order valence-electron chi connectivity index (χ0n) is 11.6. The van der Waals surface area contributed by atoms with Gasteiger partial charge in [-0.05, 0) is 43.4 Å². The van der Waals surface area contributed by atoms with Crippen LogP contribution in [0.3, 0.4) is 0 Å². The molecule has 0 fully saturated rings. The Morgan fingerprint density at radius 1 is 1.16 bits per heavy atom. The van der Waals surface area contributed by atoms with Gasteiger partial charge in [-0.15, -0.1) is 0 Å². The molecule has 1 aromatic heterocycles. The lowest BCUT2D eigenvalue weighted by molar-refractivity contribution is -0.696. The SMILES string of the molecule is CCC[n+]1ccn(CCCCc2ccc(Cl)cc2)c1. The lowest BCUT2D eigenvalue weighted by Gasteiger charge is -2.01. The zero-order valence-corrected chi connectivity index (χ0v) is 12.3. The molecule has 2 rings (SSSR count). The van der Waals surface area contributed by atoms with Crippen LogP contribution in [0.5, 0.6) is 0 Å². The number of imidazole rings is 1. The van der Waals surface area contributed by atoms with Gasteiger partial charge in [-0.2, -0.15) is 0 Å². The third-order valence-corrected chi connectivity index (χ3v) is 3.53. The maximum atomic E-state index is 5.88. The van der Waals surface area contributed by atoms with Gasteiger partial charge in [0.2, 0.25) is 6.33 Å². The number of halogens is 1. The summed E-state index contributed by atoms with van der Waals surface area (Å²) >= 11 is 5.88. The van der Waals surface area contributed by atoms with Crippen molar-refractivity contribution in [2.24, 2.45) is 0 Å². The van der Waals surface area contributed by atoms with Crippen molar-refractivity contribution in [3.8, 4) is 0 Å². The van der Waals surface area contributed by atoms with Gasteiger partial charge in [0.05, 0.1) is 13.1 Å². The molecule has 0 aliphatic rings. The molecule has 0 radical (unpaired) electrons. The number of aromatic nitrogens is 2. The highest BCUT2D eigenvalue weighted by Gasteiger charge is 2.02. The van der Waals surface area contributed by atoms with Crippen molar-refractivity contribution in [1.29, 1.82) is 0 Å². The summed E-state index contributed by atoms with van der Waals surface area (Å²) in [7, 11) is 0. The minimum absolute atomic E-state index is 0.816. The van der Waals surface area contributed by atoms with Crippen LogP contribution in [0.15, 0.2) is 43.0 Å². The first-order valence-corrected chi connectivity index (χ1v) is 7.45. The molecule has 0 spiro atoms. The van der Waals surface area contributed by atoms with Crippen LogP contribution in [0.4, 0.5) is 0 Å². The van der Waals surface area contributed by atoms with E-state index in [0.29, 0.717) is 0 Å². The molecular formula is C16H22ClN2+. The van der Waals surface area contributed by atoms with Crippen LogP contribution in [0.25, 0.3) is 0 Å². The van der Waals surface area contributed by atoms with E-state index in [4.69, 9.17) is 11.6 Å². The van der Waals surface area contributed by atoms with Crippen molar-refractivity contribution in [3.63, 3.8) is 0 Å². The molecule has 0 bridgehead atoms. The van der Waals surface area contributed by atoms with Gasteiger partial charge in [-0.25, -0.2) is 9.13 Å². The highest BCUT2D eigenvalue weighted by Crippen LogP contribution is 2.11. The van der Waals surface area contributed by atoms with Gasteiger partial charge in [-0.1, -0.05) is 30.7 Å². The van der Waals surface area contributed by atoms with E-state index < -0.39 is 0 Å². The fraction of sp³-hybridized carbons (Fsp3) is 0.438. The van der Waals surface area contributed by atoms with E-state index in [9.17, 15) is 0 Å². The molecule has 2 nitrogen and oxygen atoms in total. The predicted molar refractivity (Wildman–Crippen MR) is 79.3 cm³/mol. The van der Waals surface area contributed by atoms with E-state index in [1.54, 1.807) is 0 Å². The number of rotatable bonds is 7. The molecule has 0 saturated carbocycles. The summed E-state index contributed by atoms with van der Waals surface area (Å²) in [5.41, 5.74) is 1.37. The van der Waals surface area contributed by atoms with Gasteiger partial charge >= 0.3 is 0 Å². The quantitative estimate of drug-likeness (QED) is 0.537. The molecule has 0 N–H and O–H groups in total. The minimum Gasteiger partial charge on any atom is -0.237 e. The van der Waals surface area contributed by atoms with Gasteiger partial charge in [0.25, 0.3) is 0 Å². The summed E-state index contributed by atoms with van der Waals surface area (Å²) in [5, 5.41) is 0.816. The minimum atomic E-state index is 0.816. The number of aryl methyl sites for hydroxylation is 3. The van der Waals surface area contributed by atoms with Crippen LogP contribution in [0.1, 0.15) is 31.7 Å². The Balaban J connectivity index is 1.69. The highest BCUT2D eigenvalue weighted by molar-refractivity contribution is 6.30. The summed E-state index contributed by atoms with van der Waals surface area (Å²) in [6, 6.07) is 8.17. The van der Waals surface area contributed by atoms with Crippen molar-refractivity contribution in [3.05, 3.63) is 53.6 Å². The van der Waals surface area contributed by atoms with Crippen molar-refractivity contribution in [1.82, 2.24) is 4.57 Å². The fourth-order valence-electron chi connectivity index (χ4n) is 2.24. The third kappa shape index (κ3) is 4.71. The molecule has 0 aliphatic heterocycles. The molecule has 102 valence electrons. The maximum absolute atomic E-state index is 5.88. The Bertz CT molecular complexity index is 488. The molecule has 1 heterocycles. The van der Waals surface area contributed by atoms with Crippen LogP contribution in [-0.4, -0.2) is 4.57 Å². The zero-order chi connectivity index (χ0) is 13.5. The van der Waals surface area contributed by atoms with Gasteiger partial charge < -0.3 is 0 Å². The molecule has 0 atom stereocenters. The third-order valence-electron chi connectivity index (χ3n) is 3.27. The molecule has 2 aromatic rings. The first-order valence-electron chi connectivity index (χ1n) is 7.07. The number of nitrogens with zero attached hydrogens (tertiary/aromatic N) is 2. The van der Waals surface area contributed by atoms with E-state index >= 15 is 0 Å². The highest BCUT2D eigenvalue weighted by atomic mass is 35.5. The molecule has 19 heavy (non-hydrogen) atoms. The Morgan fingerprint density at radius 2 is 1.95 bits per heavy atom. The van der Waals surface area contributed by atoms with E-state index in [-0.39, 0.29) is 0 Å². The smallest absolute Gasteiger partial charge is 0.237 e. The average Bonchev–Trinajstić information content (AvgIpc) is 2.85. The van der Waals surface area contributed by atoms with Gasteiger partial charge in [-0.3, -0.25) is 0 Å². The molecule has 0 aliphatic carbocycles. The molecule has 0 saturated heterocycles. The molecular weight excluding hydrogens is 256 g/mol. The van der Waals surface area contributed by atoms with E-state index in [2.05, 4.69) is 46.9 Å². The summed E-state index contributed by atoms with van der Waals surface area (Å²) in [6.45, 7) is 4.42. The number of unbranched alkanes of at least 4 members (excludes halogenated alkanes) is 1. The van der Waals surface area contributed by atoms with Crippen LogP contribution in [-0.2, 0) is 19.5 Å². The predicted octanol–water partition coefficient (Wildman–Crippen LogP) is 3.86. The van der Waals surface area contributed by atoms with Crippen LogP contribution < -0.4 is 4.57 Å². The van der Waals surface area contributed by atoms with E-state index in [0.717, 1.165) is 24.5 Å². The normalized spacial score (nSPS) is 10.8. The Kier molecular flexibility index (Phi) is 5.46. The van der Waals surface area contributed by atoms with E-state index in [1.807, 2.05) is 12.1 Å². The van der Waals surface area contributed by atoms with Crippen LogP contribution >= 0.6 is 11.6 Å². The summed E-state index contributed by atoms with van der Waals surface area (Å²) in [4.78, 5) is 0. The molecule has 1 aromatic carbocycles. The first-order chi connectivity index (χ1) is 9.28. The van der Waals surface area contributed by atoms with E-state index in [1.165, 1.54) is 24.8 Å². The van der Waals surface area contributed by atoms with Crippen molar-refractivity contribution in [2.75, 3.05) is 0 Å². The van der Waals surface area contributed by atoms with Crippen LogP contribution in [0.2, 0.25) is 5.02 Å².